The van der Waals surface area contributed by atoms with Gasteiger partial charge in [-0.3, -0.25) is 0 Å². The van der Waals surface area contributed by atoms with Gasteiger partial charge in [-0.2, -0.15) is 9.13 Å². The fourth-order valence-electron chi connectivity index (χ4n) is 6.55. The summed E-state index contributed by atoms with van der Waals surface area (Å²) in [6.45, 7) is 4.39. The van der Waals surface area contributed by atoms with Crippen molar-refractivity contribution < 1.29 is 8.98 Å². The van der Waals surface area contributed by atoms with Crippen LogP contribution in [0.1, 0.15) is 11.4 Å². The molecular formula is C39H29N2O+. The second-order valence-corrected chi connectivity index (χ2v) is 10.8. The van der Waals surface area contributed by atoms with E-state index < -0.39 is 0 Å². The lowest BCUT2D eigenvalue weighted by Crippen LogP contribution is -2.38. The molecule has 8 rings (SSSR count). The highest BCUT2D eigenvalue weighted by atomic mass is 16.3. The van der Waals surface area contributed by atoms with E-state index in [0.717, 1.165) is 45.0 Å². The van der Waals surface area contributed by atoms with Gasteiger partial charge in [-0.05, 0) is 71.1 Å². The van der Waals surface area contributed by atoms with Gasteiger partial charge in [-0.1, -0.05) is 103 Å². The molecule has 42 heavy (non-hydrogen) atoms. The Morgan fingerprint density at radius 1 is 0.476 bits per heavy atom. The van der Waals surface area contributed by atoms with Crippen molar-refractivity contribution >= 4 is 22.2 Å². The van der Waals surface area contributed by atoms with Crippen LogP contribution in [-0.4, -0.2) is 4.57 Å². The number of benzene rings is 6. The van der Waals surface area contributed by atoms with E-state index in [2.05, 4.69) is 156 Å². The van der Waals surface area contributed by atoms with Gasteiger partial charge in [-0.25, -0.2) is 0 Å². The Labute approximate surface area is 244 Å². The molecule has 0 fully saturated rings. The first-order chi connectivity index (χ1) is 20.7. The van der Waals surface area contributed by atoms with E-state index in [1.165, 1.54) is 33.4 Å². The summed E-state index contributed by atoms with van der Waals surface area (Å²) in [5.74, 6) is 1.07. The number of aryl methyl sites for hydroxylation is 1. The Bertz CT molecular complexity index is 2230. The maximum Gasteiger partial charge on any atom is 0.264 e. The molecule has 3 heteroatoms. The molecule has 0 saturated heterocycles. The minimum atomic E-state index is 0.817. The average Bonchev–Trinajstić information content (AvgIpc) is 3.07. The molecule has 7 aromatic rings. The van der Waals surface area contributed by atoms with Crippen molar-refractivity contribution in [2.45, 2.75) is 13.8 Å². The van der Waals surface area contributed by atoms with Crippen LogP contribution in [0.4, 0.5) is 0 Å². The molecule has 0 N–H and O–H groups in total. The van der Waals surface area contributed by atoms with Crippen LogP contribution >= 0.6 is 0 Å². The molecule has 0 atom stereocenters. The molecule has 0 saturated carbocycles. The van der Waals surface area contributed by atoms with E-state index in [0.29, 0.717) is 0 Å². The first kappa shape index (κ1) is 24.4. The monoisotopic (exact) mass is 541 g/mol. The fraction of sp³-hybridized carbons (Fsp3) is 0.0513. The van der Waals surface area contributed by atoms with Crippen LogP contribution in [-0.2, 0) is 0 Å². The molecule has 0 amide bonds. The molecule has 0 radical (unpaired) electrons. The molecule has 0 unspecified atom stereocenters. The predicted molar refractivity (Wildman–Crippen MR) is 172 cm³/mol. The largest absolute Gasteiger partial charge is 0.448 e. The molecule has 1 aliphatic rings. The first-order valence-electron chi connectivity index (χ1n) is 14.4. The molecule has 3 nitrogen and oxygen atoms in total. The number of aromatic nitrogens is 2. The van der Waals surface area contributed by atoms with Gasteiger partial charge < -0.3 is 4.42 Å². The quantitative estimate of drug-likeness (QED) is 0.190. The van der Waals surface area contributed by atoms with Crippen LogP contribution in [0.2, 0.25) is 0 Å². The lowest BCUT2D eigenvalue weighted by atomic mass is 9.89. The van der Waals surface area contributed by atoms with Crippen molar-refractivity contribution in [2.24, 2.45) is 0 Å². The number of hydrogen-bond donors (Lipinski definition) is 0. The van der Waals surface area contributed by atoms with Gasteiger partial charge in [0.1, 0.15) is 11.4 Å². The van der Waals surface area contributed by atoms with Crippen molar-refractivity contribution in [3.8, 4) is 44.8 Å². The molecule has 0 spiro atoms. The Morgan fingerprint density at radius 2 is 1.00 bits per heavy atom. The topological polar surface area (TPSA) is 21.9 Å². The van der Waals surface area contributed by atoms with Gasteiger partial charge in [0, 0.05) is 18.1 Å². The summed E-state index contributed by atoms with van der Waals surface area (Å²) in [6, 6.07) is 49.6. The van der Waals surface area contributed by atoms with Crippen molar-refractivity contribution in [1.82, 2.24) is 4.57 Å². The van der Waals surface area contributed by atoms with Crippen molar-refractivity contribution in [3.05, 3.63) is 151 Å². The van der Waals surface area contributed by atoms with Crippen LogP contribution in [0.5, 0.6) is 0 Å². The van der Waals surface area contributed by atoms with Crippen LogP contribution in [0.15, 0.2) is 144 Å². The summed E-state index contributed by atoms with van der Waals surface area (Å²) >= 11 is 0. The van der Waals surface area contributed by atoms with E-state index in [9.17, 15) is 0 Å². The molecule has 1 aromatic heterocycles. The Balaban J connectivity index is 1.72. The Hall–Kier alpha value is -5.41. The van der Waals surface area contributed by atoms with Gasteiger partial charge in [0.2, 0.25) is 0 Å². The van der Waals surface area contributed by atoms with Crippen molar-refractivity contribution in [2.75, 3.05) is 0 Å². The minimum Gasteiger partial charge on any atom is -0.448 e. The minimum absolute atomic E-state index is 0.817. The summed E-state index contributed by atoms with van der Waals surface area (Å²) in [5.41, 5.74) is 14.2. The van der Waals surface area contributed by atoms with E-state index in [1.54, 1.807) is 0 Å². The number of nitrogens with zero attached hydrogens (tertiary/aromatic N) is 2. The van der Waals surface area contributed by atoms with E-state index in [4.69, 9.17) is 4.42 Å². The summed E-state index contributed by atoms with van der Waals surface area (Å²) < 4.78 is 11.7. The summed E-state index contributed by atoms with van der Waals surface area (Å²) in [4.78, 5) is 0. The predicted octanol–water partition coefficient (Wildman–Crippen LogP) is 9.71. The molecule has 0 bridgehead atoms. The SMILES string of the molecule is Cc1ccccc1-n1c(C)[n+]2c3c(cccc3oc3ccccc31)-c1ccccc1-c1ccccc1-c1ccccc1-2. The molecule has 0 aliphatic carbocycles. The Kier molecular flexibility index (Phi) is 5.58. The first-order valence-corrected chi connectivity index (χ1v) is 14.4. The molecule has 2 heterocycles. The number of para-hydroxylation sites is 5. The van der Waals surface area contributed by atoms with Crippen LogP contribution in [0.3, 0.4) is 0 Å². The van der Waals surface area contributed by atoms with E-state index in [-0.39, 0.29) is 0 Å². The third-order valence-corrected chi connectivity index (χ3v) is 8.42. The maximum absolute atomic E-state index is 6.92. The molecule has 1 aliphatic heterocycles. The summed E-state index contributed by atoms with van der Waals surface area (Å²) in [6.07, 6.45) is 0. The molecular weight excluding hydrogens is 512 g/mol. The van der Waals surface area contributed by atoms with Gasteiger partial charge in [-0.15, -0.1) is 0 Å². The van der Waals surface area contributed by atoms with Gasteiger partial charge in [0.05, 0.1) is 0 Å². The normalized spacial score (nSPS) is 11.6. The van der Waals surface area contributed by atoms with Gasteiger partial charge >= 0.3 is 0 Å². The second-order valence-electron chi connectivity index (χ2n) is 10.8. The Morgan fingerprint density at radius 3 is 1.74 bits per heavy atom. The summed E-state index contributed by atoms with van der Waals surface area (Å²) in [5, 5.41) is 0. The lowest BCUT2D eigenvalue weighted by molar-refractivity contribution is -0.577. The highest BCUT2D eigenvalue weighted by Gasteiger charge is 2.28. The number of fused-ring (bicyclic) bond motifs is 8. The van der Waals surface area contributed by atoms with Gasteiger partial charge in [0.15, 0.2) is 22.2 Å². The van der Waals surface area contributed by atoms with Crippen molar-refractivity contribution in [3.63, 3.8) is 0 Å². The zero-order chi connectivity index (χ0) is 28.2. The van der Waals surface area contributed by atoms with Crippen molar-refractivity contribution in [1.29, 1.82) is 0 Å². The standard InChI is InChI=1S/C39H29N2O/c1-26-14-3-9-21-34(26)40-27(2)41-35-22-10-8-19-32(35)30-17-6-4-15-28(30)29-16-5-7-18-31(29)33-20-13-25-38(39(33)41)42-37-24-12-11-23-36(37)40/h3-25H,1-2H3/q+1. The van der Waals surface area contributed by atoms with Crippen LogP contribution in [0.25, 0.3) is 67.0 Å². The zero-order valence-electron chi connectivity index (χ0n) is 23.6. The highest BCUT2D eigenvalue weighted by Crippen LogP contribution is 2.42. The third kappa shape index (κ3) is 3.64. The number of hydrogen-bond acceptors (Lipinski definition) is 1. The fourth-order valence-corrected chi connectivity index (χ4v) is 6.55. The van der Waals surface area contributed by atoms with Crippen LogP contribution < -0.4 is 4.57 Å². The third-order valence-electron chi connectivity index (χ3n) is 8.42. The molecule has 6 aromatic carbocycles. The van der Waals surface area contributed by atoms with E-state index in [1.807, 2.05) is 6.07 Å². The zero-order valence-corrected chi connectivity index (χ0v) is 23.6. The summed E-state index contributed by atoms with van der Waals surface area (Å²) in [7, 11) is 0. The van der Waals surface area contributed by atoms with Gasteiger partial charge in [0.25, 0.3) is 5.82 Å². The average molecular weight is 542 g/mol. The van der Waals surface area contributed by atoms with E-state index >= 15 is 0 Å². The molecule has 200 valence electrons. The lowest BCUT2D eigenvalue weighted by Gasteiger charge is -2.16. The number of rotatable bonds is 1. The second kappa shape index (κ2) is 9.60. The smallest absolute Gasteiger partial charge is 0.264 e. The van der Waals surface area contributed by atoms with Crippen LogP contribution in [0, 0.1) is 13.8 Å². The highest BCUT2D eigenvalue weighted by molar-refractivity contribution is 5.99. The maximum atomic E-state index is 6.92.